The summed E-state index contributed by atoms with van der Waals surface area (Å²) in [4.78, 5) is 13.6. The van der Waals surface area contributed by atoms with Crippen molar-refractivity contribution < 1.29 is 14.6 Å². The van der Waals surface area contributed by atoms with E-state index in [2.05, 4.69) is 0 Å². The highest BCUT2D eigenvalue weighted by atomic mass is 16.5. The molecule has 1 unspecified atom stereocenters. The predicted molar refractivity (Wildman–Crippen MR) is 55.4 cm³/mol. The fourth-order valence-electron chi connectivity index (χ4n) is 2.46. The van der Waals surface area contributed by atoms with E-state index in [1.165, 1.54) is 12.8 Å². The van der Waals surface area contributed by atoms with Crippen LogP contribution in [0.5, 0.6) is 0 Å². The van der Waals surface area contributed by atoms with Crippen LogP contribution in [0.1, 0.15) is 32.6 Å². The number of hydrogen-bond donors (Lipinski definition) is 1. The Morgan fingerprint density at radius 2 is 2.20 bits per heavy atom. The number of ether oxygens (including phenoxy) is 1. The highest BCUT2D eigenvalue weighted by Crippen LogP contribution is 2.28. The molecule has 0 aromatic heterocycles. The standard InChI is InChI=1S/C11H19NO3/c1-11(8-13)7-12(10(14)6-15-11)9-4-2-3-5-9/h9,13H,2-8H2,1H3. The van der Waals surface area contributed by atoms with Crippen LogP contribution in [0, 0.1) is 0 Å². The monoisotopic (exact) mass is 213 g/mol. The molecule has 1 saturated carbocycles. The largest absolute Gasteiger partial charge is 0.393 e. The Labute approximate surface area is 90.2 Å². The van der Waals surface area contributed by atoms with E-state index in [9.17, 15) is 9.90 Å². The van der Waals surface area contributed by atoms with Crippen molar-refractivity contribution in [3.63, 3.8) is 0 Å². The van der Waals surface area contributed by atoms with Crippen molar-refractivity contribution in [2.24, 2.45) is 0 Å². The number of morpholine rings is 1. The van der Waals surface area contributed by atoms with Crippen molar-refractivity contribution in [1.82, 2.24) is 4.90 Å². The Hall–Kier alpha value is -0.610. The van der Waals surface area contributed by atoms with Gasteiger partial charge in [0.25, 0.3) is 0 Å². The van der Waals surface area contributed by atoms with E-state index in [-0.39, 0.29) is 19.1 Å². The molecule has 4 heteroatoms. The van der Waals surface area contributed by atoms with Crippen molar-refractivity contribution in [2.75, 3.05) is 19.8 Å². The number of carbonyl (C=O) groups excluding carboxylic acids is 1. The maximum absolute atomic E-state index is 11.7. The maximum atomic E-state index is 11.7. The molecule has 0 aromatic rings. The van der Waals surface area contributed by atoms with Gasteiger partial charge in [0, 0.05) is 6.04 Å². The fraction of sp³-hybridized carbons (Fsp3) is 0.909. The average molecular weight is 213 g/mol. The van der Waals surface area contributed by atoms with Crippen LogP contribution < -0.4 is 0 Å². The first-order valence-electron chi connectivity index (χ1n) is 5.69. The number of rotatable bonds is 2. The zero-order valence-electron chi connectivity index (χ0n) is 9.24. The zero-order chi connectivity index (χ0) is 10.9. The topological polar surface area (TPSA) is 49.8 Å². The minimum Gasteiger partial charge on any atom is -0.393 e. The lowest BCUT2D eigenvalue weighted by Gasteiger charge is -2.41. The molecule has 1 amide bonds. The van der Waals surface area contributed by atoms with Crippen LogP contribution in [0.15, 0.2) is 0 Å². The molecule has 86 valence electrons. The van der Waals surface area contributed by atoms with Gasteiger partial charge in [-0.15, -0.1) is 0 Å². The second-order valence-corrected chi connectivity index (χ2v) is 4.86. The maximum Gasteiger partial charge on any atom is 0.248 e. The lowest BCUT2D eigenvalue weighted by Crippen LogP contribution is -2.57. The van der Waals surface area contributed by atoms with Gasteiger partial charge in [0.1, 0.15) is 12.2 Å². The molecule has 15 heavy (non-hydrogen) atoms. The normalized spacial score (nSPS) is 33.7. The average Bonchev–Trinajstić information content (AvgIpc) is 2.75. The zero-order valence-corrected chi connectivity index (χ0v) is 9.24. The molecule has 1 aliphatic heterocycles. The summed E-state index contributed by atoms with van der Waals surface area (Å²) in [7, 11) is 0. The van der Waals surface area contributed by atoms with E-state index in [1.807, 2.05) is 11.8 Å². The van der Waals surface area contributed by atoms with E-state index >= 15 is 0 Å². The SMILES string of the molecule is CC1(CO)CN(C2CCCC2)C(=O)CO1. The van der Waals surface area contributed by atoms with Crippen molar-refractivity contribution in [3.8, 4) is 0 Å². The number of carbonyl (C=O) groups is 1. The van der Waals surface area contributed by atoms with Gasteiger partial charge in [-0.05, 0) is 19.8 Å². The molecule has 0 radical (unpaired) electrons. The van der Waals surface area contributed by atoms with Crippen LogP contribution in [-0.2, 0) is 9.53 Å². The molecule has 0 aromatic carbocycles. The van der Waals surface area contributed by atoms with Crippen LogP contribution >= 0.6 is 0 Å². The van der Waals surface area contributed by atoms with Gasteiger partial charge in [0.2, 0.25) is 5.91 Å². The molecule has 2 aliphatic rings. The minimum absolute atomic E-state index is 0.0243. The first-order valence-corrected chi connectivity index (χ1v) is 5.69. The predicted octanol–water partition coefficient (Wildman–Crippen LogP) is 0.539. The summed E-state index contributed by atoms with van der Waals surface area (Å²) in [6, 6.07) is 0.382. The number of hydrogen-bond acceptors (Lipinski definition) is 3. The second-order valence-electron chi connectivity index (χ2n) is 4.86. The van der Waals surface area contributed by atoms with Gasteiger partial charge >= 0.3 is 0 Å². The Morgan fingerprint density at radius 1 is 1.53 bits per heavy atom. The molecular weight excluding hydrogens is 194 g/mol. The lowest BCUT2D eigenvalue weighted by molar-refractivity contribution is -0.170. The lowest BCUT2D eigenvalue weighted by atomic mass is 10.0. The molecule has 1 saturated heterocycles. The molecule has 1 aliphatic carbocycles. The summed E-state index contributed by atoms with van der Waals surface area (Å²) in [6.07, 6.45) is 4.64. The van der Waals surface area contributed by atoms with Crippen LogP contribution in [-0.4, -0.2) is 47.3 Å². The van der Waals surface area contributed by atoms with Crippen LogP contribution in [0.3, 0.4) is 0 Å². The summed E-state index contributed by atoms with van der Waals surface area (Å²) in [5.74, 6) is 0.0767. The van der Waals surface area contributed by atoms with Gasteiger partial charge in [-0.3, -0.25) is 4.79 Å². The molecule has 4 nitrogen and oxygen atoms in total. The van der Waals surface area contributed by atoms with Crippen molar-refractivity contribution in [3.05, 3.63) is 0 Å². The first-order chi connectivity index (χ1) is 7.14. The summed E-state index contributed by atoms with van der Waals surface area (Å²) in [5, 5.41) is 9.23. The second kappa shape index (κ2) is 4.10. The smallest absolute Gasteiger partial charge is 0.248 e. The molecule has 0 bridgehead atoms. The summed E-state index contributed by atoms with van der Waals surface area (Å²) >= 11 is 0. The summed E-state index contributed by atoms with van der Waals surface area (Å²) in [5.41, 5.74) is -0.559. The van der Waals surface area contributed by atoms with Crippen LogP contribution in [0.25, 0.3) is 0 Å². The number of amides is 1. The van der Waals surface area contributed by atoms with E-state index in [0.717, 1.165) is 12.8 Å². The molecule has 0 spiro atoms. The highest BCUT2D eigenvalue weighted by Gasteiger charge is 2.39. The Balaban J connectivity index is 2.04. The Morgan fingerprint density at radius 3 is 2.80 bits per heavy atom. The summed E-state index contributed by atoms with van der Waals surface area (Å²) < 4.78 is 5.38. The van der Waals surface area contributed by atoms with Gasteiger partial charge in [-0.2, -0.15) is 0 Å². The molecule has 2 rings (SSSR count). The molecule has 2 fully saturated rings. The highest BCUT2D eigenvalue weighted by molar-refractivity contribution is 5.78. The third-order valence-electron chi connectivity index (χ3n) is 3.47. The van der Waals surface area contributed by atoms with Gasteiger partial charge in [0.05, 0.1) is 13.2 Å². The molecule has 1 heterocycles. The van der Waals surface area contributed by atoms with Gasteiger partial charge < -0.3 is 14.7 Å². The van der Waals surface area contributed by atoms with E-state index in [4.69, 9.17) is 4.74 Å². The molecule has 1 atom stereocenters. The van der Waals surface area contributed by atoms with Crippen molar-refractivity contribution in [2.45, 2.75) is 44.2 Å². The number of aliphatic hydroxyl groups is 1. The quantitative estimate of drug-likeness (QED) is 0.728. The van der Waals surface area contributed by atoms with Gasteiger partial charge in [-0.1, -0.05) is 12.8 Å². The van der Waals surface area contributed by atoms with Crippen molar-refractivity contribution >= 4 is 5.91 Å². The molecular formula is C11H19NO3. The third-order valence-corrected chi connectivity index (χ3v) is 3.47. The van der Waals surface area contributed by atoms with E-state index in [0.29, 0.717) is 12.6 Å². The first kappa shape index (κ1) is 10.9. The van der Waals surface area contributed by atoms with Gasteiger partial charge in [0.15, 0.2) is 0 Å². The van der Waals surface area contributed by atoms with E-state index in [1.54, 1.807) is 0 Å². The Bertz CT molecular complexity index is 250. The van der Waals surface area contributed by atoms with E-state index < -0.39 is 5.60 Å². The van der Waals surface area contributed by atoms with Crippen LogP contribution in [0.4, 0.5) is 0 Å². The Kier molecular flexibility index (Phi) is 2.98. The van der Waals surface area contributed by atoms with Crippen LogP contribution in [0.2, 0.25) is 0 Å². The fourth-order valence-corrected chi connectivity index (χ4v) is 2.46. The van der Waals surface area contributed by atoms with Gasteiger partial charge in [-0.25, -0.2) is 0 Å². The minimum atomic E-state index is -0.559. The number of nitrogens with zero attached hydrogens (tertiary/aromatic N) is 1. The third kappa shape index (κ3) is 2.16. The number of aliphatic hydroxyl groups excluding tert-OH is 1. The molecule has 1 N–H and O–H groups in total. The van der Waals surface area contributed by atoms with Crippen molar-refractivity contribution in [1.29, 1.82) is 0 Å². The summed E-state index contributed by atoms with van der Waals surface area (Å²) in [6.45, 7) is 2.49.